The first-order chi connectivity index (χ1) is 9.86. The van der Waals surface area contributed by atoms with Gasteiger partial charge in [-0.1, -0.05) is 6.07 Å². The maximum absolute atomic E-state index is 5.31. The number of nitrogens with one attached hydrogen (secondary N) is 1. The van der Waals surface area contributed by atoms with Gasteiger partial charge in [0.1, 0.15) is 11.6 Å². The van der Waals surface area contributed by atoms with Crippen molar-refractivity contribution in [3.63, 3.8) is 0 Å². The number of fused-ring (bicyclic) bond motifs is 1. The molecule has 1 aliphatic heterocycles. The number of hydrogen-bond donors (Lipinski definition) is 1. The van der Waals surface area contributed by atoms with Gasteiger partial charge in [-0.15, -0.1) is 0 Å². The van der Waals surface area contributed by atoms with E-state index < -0.39 is 0 Å². The standard InChI is InChI=1S/C15H18N2OS2/c1-18-12-3-2-11-4-5-16-15(14(11)8-12)17-9-13-10-19-6-7-20-13/h2-5,8,13H,6-7,9-10H2,1H3,(H,16,17). The van der Waals surface area contributed by atoms with Crippen molar-refractivity contribution in [2.45, 2.75) is 5.25 Å². The predicted octanol–water partition coefficient (Wildman–Crippen LogP) is 3.50. The molecule has 1 aliphatic rings. The van der Waals surface area contributed by atoms with Gasteiger partial charge >= 0.3 is 0 Å². The van der Waals surface area contributed by atoms with E-state index in [1.807, 2.05) is 36.2 Å². The van der Waals surface area contributed by atoms with Gasteiger partial charge in [0.15, 0.2) is 0 Å². The second kappa shape index (κ2) is 6.59. The van der Waals surface area contributed by atoms with Crippen molar-refractivity contribution in [2.24, 2.45) is 0 Å². The first-order valence-corrected chi connectivity index (χ1v) is 8.93. The molecule has 1 aromatic heterocycles. The van der Waals surface area contributed by atoms with Crippen LogP contribution in [0, 0.1) is 0 Å². The van der Waals surface area contributed by atoms with Crippen molar-refractivity contribution in [2.75, 3.05) is 36.2 Å². The summed E-state index contributed by atoms with van der Waals surface area (Å²) in [5.74, 6) is 5.60. The monoisotopic (exact) mass is 306 g/mol. The Morgan fingerprint density at radius 2 is 2.30 bits per heavy atom. The van der Waals surface area contributed by atoms with Gasteiger partial charge in [-0.25, -0.2) is 4.98 Å². The van der Waals surface area contributed by atoms with Crippen LogP contribution in [0.5, 0.6) is 5.75 Å². The summed E-state index contributed by atoms with van der Waals surface area (Å²) < 4.78 is 5.31. The van der Waals surface area contributed by atoms with Crippen LogP contribution in [0.3, 0.4) is 0 Å². The number of nitrogens with zero attached hydrogens (tertiary/aromatic N) is 1. The zero-order valence-corrected chi connectivity index (χ0v) is 13.1. The number of benzene rings is 1. The lowest BCUT2D eigenvalue weighted by Crippen LogP contribution is -2.23. The van der Waals surface area contributed by atoms with Crippen LogP contribution in [0.15, 0.2) is 30.5 Å². The third-order valence-corrected chi connectivity index (χ3v) is 6.20. The molecule has 0 spiro atoms. The minimum Gasteiger partial charge on any atom is -0.497 e. The normalized spacial score (nSPS) is 18.9. The van der Waals surface area contributed by atoms with E-state index in [0.29, 0.717) is 5.25 Å². The summed E-state index contributed by atoms with van der Waals surface area (Å²) in [6, 6.07) is 8.14. The Bertz CT molecular complexity index is 585. The molecule has 2 aromatic rings. The van der Waals surface area contributed by atoms with Gasteiger partial charge in [0.05, 0.1) is 7.11 Å². The fourth-order valence-corrected chi connectivity index (χ4v) is 4.89. The Hall–Kier alpha value is -1.07. The number of hydrogen-bond acceptors (Lipinski definition) is 5. The van der Waals surface area contributed by atoms with Crippen LogP contribution in [-0.2, 0) is 0 Å². The van der Waals surface area contributed by atoms with Gasteiger partial charge in [-0.2, -0.15) is 23.5 Å². The molecule has 0 amide bonds. The Morgan fingerprint density at radius 3 is 3.10 bits per heavy atom. The molecule has 0 radical (unpaired) electrons. The quantitative estimate of drug-likeness (QED) is 0.935. The minimum atomic E-state index is 0.677. The van der Waals surface area contributed by atoms with E-state index in [1.165, 1.54) is 22.6 Å². The Morgan fingerprint density at radius 1 is 1.35 bits per heavy atom. The molecule has 0 saturated carbocycles. The molecule has 106 valence electrons. The van der Waals surface area contributed by atoms with E-state index in [4.69, 9.17) is 4.74 Å². The number of pyridine rings is 1. The first-order valence-electron chi connectivity index (χ1n) is 6.73. The smallest absolute Gasteiger partial charge is 0.133 e. The molecular weight excluding hydrogens is 288 g/mol. The zero-order chi connectivity index (χ0) is 13.8. The summed E-state index contributed by atoms with van der Waals surface area (Å²) in [5, 5.41) is 6.50. The van der Waals surface area contributed by atoms with Crippen LogP contribution in [0.4, 0.5) is 5.82 Å². The number of ether oxygens (including phenoxy) is 1. The third-order valence-electron chi connectivity index (χ3n) is 3.36. The summed E-state index contributed by atoms with van der Waals surface area (Å²) in [5.41, 5.74) is 0. The summed E-state index contributed by atoms with van der Waals surface area (Å²) in [7, 11) is 1.69. The highest BCUT2D eigenvalue weighted by molar-refractivity contribution is 8.06. The lowest BCUT2D eigenvalue weighted by Gasteiger charge is -2.21. The van der Waals surface area contributed by atoms with Gasteiger partial charge in [0, 0.05) is 40.6 Å². The lowest BCUT2D eigenvalue weighted by molar-refractivity contribution is 0.415. The molecule has 1 fully saturated rings. The van der Waals surface area contributed by atoms with Crippen molar-refractivity contribution >= 4 is 40.1 Å². The number of aromatic nitrogens is 1. The average Bonchev–Trinajstić information content (AvgIpc) is 2.53. The molecule has 0 bridgehead atoms. The van der Waals surface area contributed by atoms with Crippen LogP contribution in [0.25, 0.3) is 10.8 Å². The number of methoxy groups -OCH3 is 1. The van der Waals surface area contributed by atoms with Crippen LogP contribution < -0.4 is 10.1 Å². The molecule has 2 heterocycles. The molecular formula is C15H18N2OS2. The summed E-state index contributed by atoms with van der Waals surface area (Å²) in [4.78, 5) is 4.48. The zero-order valence-electron chi connectivity index (χ0n) is 11.5. The van der Waals surface area contributed by atoms with Crippen molar-refractivity contribution in [3.05, 3.63) is 30.5 Å². The molecule has 1 aromatic carbocycles. The van der Waals surface area contributed by atoms with Crippen molar-refractivity contribution in [3.8, 4) is 5.75 Å². The number of thioether (sulfide) groups is 2. The maximum Gasteiger partial charge on any atom is 0.133 e. The Balaban J connectivity index is 1.79. The minimum absolute atomic E-state index is 0.677. The van der Waals surface area contributed by atoms with Crippen molar-refractivity contribution in [1.29, 1.82) is 0 Å². The van der Waals surface area contributed by atoms with Crippen LogP contribution in [-0.4, -0.2) is 41.1 Å². The fourth-order valence-electron chi connectivity index (χ4n) is 2.28. The predicted molar refractivity (Wildman–Crippen MR) is 90.4 cm³/mol. The second-order valence-corrected chi connectivity index (χ2v) is 7.25. The van der Waals surface area contributed by atoms with Crippen LogP contribution in [0.2, 0.25) is 0 Å². The number of rotatable bonds is 4. The van der Waals surface area contributed by atoms with Gasteiger partial charge in [0.2, 0.25) is 0 Å². The van der Waals surface area contributed by atoms with Crippen molar-refractivity contribution < 1.29 is 4.74 Å². The van der Waals surface area contributed by atoms with E-state index in [0.717, 1.165) is 23.5 Å². The van der Waals surface area contributed by atoms with Gasteiger partial charge < -0.3 is 10.1 Å². The highest BCUT2D eigenvalue weighted by atomic mass is 32.2. The van der Waals surface area contributed by atoms with E-state index >= 15 is 0 Å². The average molecular weight is 306 g/mol. The Labute approximate surface area is 127 Å². The van der Waals surface area contributed by atoms with E-state index in [2.05, 4.69) is 28.1 Å². The van der Waals surface area contributed by atoms with E-state index in [9.17, 15) is 0 Å². The highest BCUT2D eigenvalue weighted by Gasteiger charge is 2.14. The highest BCUT2D eigenvalue weighted by Crippen LogP contribution is 2.27. The van der Waals surface area contributed by atoms with Gasteiger partial charge in [0.25, 0.3) is 0 Å². The van der Waals surface area contributed by atoms with E-state index in [-0.39, 0.29) is 0 Å². The molecule has 1 atom stereocenters. The Kier molecular flexibility index (Phi) is 4.58. The molecule has 0 aliphatic carbocycles. The van der Waals surface area contributed by atoms with E-state index in [1.54, 1.807) is 7.11 Å². The summed E-state index contributed by atoms with van der Waals surface area (Å²) in [6.07, 6.45) is 1.86. The topological polar surface area (TPSA) is 34.1 Å². The molecule has 5 heteroatoms. The molecule has 1 unspecified atom stereocenters. The first kappa shape index (κ1) is 13.9. The second-order valence-electron chi connectivity index (χ2n) is 4.70. The fraction of sp³-hybridized carbons (Fsp3) is 0.400. The molecule has 20 heavy (non-hydrogen) atoms. The van der Waals surface area contributed by atoms with Crippen molar-refractivity contribution in [1.82, 2.24) is 4.98 Å². The molecule has 3 rings (SSSR count). The molecule has 1 N–H and O–H groups in total. The number of anilines is 1. The lowest BCUT2D eigenvalue weighted by atomic mass is 10.1. The van der Waals surface area contributed by atoms with Crippen LogP contribution >= 0.6 is 23.5 Å². The van der Waals surface area contributed by atoms with Gasteiger partial charge in [-0.3, -0.25) is 0 Å². The maximum atomic E-state index is 5.31. The van der Waals surface area contributed by atoms with Crippen LogP contribution in [0.1, 0.15) is 0 Å². The summed E-state index contributed by atoms with van der Waals surface area (Å²) >= 11 is 4.11. The molecule has 1 saturated heterocycles. The summed E-state index contributed by atoms with van der Waals surface area (Å²) in [6.45, 7) is 0.973. The molecule has 3 nitrogen and oxygen atoms in total. The van der Waals surface area contributed by atoms with Gasteiger partial charge in [-0.05, 0) is 23.6 Å². The third kappa shape index (κ3) is 3.15. The largest absolute Gasteiger partial charge is 0.497 e. The SMILES string of the molecule is COc1ccc2ccnc(NCC3CSCCS3)c2c1.